The number of nitrogens with one attached hydrogen (secondary N) is 1. The van der Waals surface area contributed by atoms with Gasteiger partial charge in [-0.1, -0.05) is 0 Å². The van der Waals surface area contributed by atoms with E-state index < -0.39 is 0 Å². The summed E-state index contributed by atoms with van der Waals surface area (Å²) < 4.78 is 5.00. The van der Waals surface area contributed by atoms with Gasteiger partial charge in [0.2, 0.25) is 0 Å². The van der Waals surface area contributed by atoms with Crippen molar-refractivity contribution in [3.63, 3.8) is 0 Å². The largest absolute Gasteiger partial charge is 0.383 e. The Morgan fingerprint density at radius 2 is 2.39 bits per heavy atom. The van der Waals surface area contributed by atoms with Crippen LogP contribution in [0.4, 0.5) is 5.13 Å². The van der Waals surface area contributed by atoms with Crippen molar-refractivity contribution in [3.05, 3.63) is 16.6 Å². The molecule has 0 aromatic carbocycles. The first kappa shape index (κ1) is 12.1. The minimum absolute atomic E-state index is 0.696. The van der Waals surface area contributed by atoms with Gasteiger partial charge >= 0.3 is 0 Å². The molecule has 1 aliphatic rings. The minimum Gasteiger partial charge on any atom is -0.383 e. The molecule has 0 aliphatic heterocycles. The molecule has 1 fully saturated rings. The van der Waals surface area contributed by atoms with Gasteiger partial charge in [0.15, 0.2) is 5.13 Å². The third kappa shape index (κ3) is 2.71. The van der Waals surface area contributed by atoms with Gasteiger partial charge in [0.1, 0.15) is 0 Å². The molecule has 2 aromatic rings. The molecule has 0 unspecified atom stereocenters. The Balaban J connectivity index is 1.67. The second-order valence-corrected chi connectivity index (χ2v) is 6.21. The van der Waals surface area contributed by atoms with E-state index in [0.29, 0.717) is 6.61 Å². The second-order valence-electron chi connectivity index (χ2n) is 4.29. The highest BCUT2D eigenvalue weighted by Gasteiger charge is 2.27. The van der Waals surface area contributed by atoms with E-state index in [1.165, 1.54) is 22.7 Å². The molecule has 0 amide bonds. The van der Waals surface area contributed by atoms with Crippen molar-refractivity contribution < 1.29 is 4.74 Å². The Labute approximate surface area is 114 Å². The molecule has 18 heavy (non-hydrogen) atoms. The third-order valence-corrected chi connectivity index (χ3v) is 4.77. The summed E-state index contributed by atoms with van der Waals surface area (Å²) in [6.07, 6.45) is 4.55. The quantitative estimate of drug-likeness (QED) is 0.826. The smallest absolute Gasteiger partial charge is 0.183 e. The maximum Gasteiger partial charge on any atom is 0.183 e. The molecule has 6 heteroatoms. The molecule has 2 aromatic heterocycles. The monoisotopic (exact) mass is 281 g/mol. The average Bonchev–Trinajstić information content (AvgIpc) is 2.93. The van der Waals surface area contributed by atoms with E-state index in [0.717, 1.165) is 23.3 Å². The van der Waals surface area contributed by atoms with E-state index in [-0.39, 0.29) is 0 Å². The van der Waals surface area contributed by atoms with Crippen molar-refractivity contribution in [1.82, 2.24) is 9.97 Å². The summed E-state index contributed by atoms with van der Waals surface area (Å²) in [5.41, 5.74) is 1.03. The van der Waals surface area contributed by atoms with Crippen molar-refractivity contribution in [1.29, 1.82) is 0 Å². The molecule has 4 nitrogen and oxygen atoms in total. The molecule has 3 rings (SSSR count). The van der Waals surface area contributed by atoms with Gasteiger partial charge < -0.3 is 10.1 Å². The summed E-state index contributed by atoms with van der Waals surface area (Å²) in [5, 5.41) is 7.54. The number of nitrogens with zero attached hydrogens (tertiary/aromatic N) is 2. The first-order chi connectivity index (χ1) is 8.86. The van der Waals surface area contributed by atoms with Crippen molar-refractivity contribution in [2.45, 2.75) is 18.8 Å². The third-order valence-electron chi connectivity index (χ3n) is 2.79. The Hall–Kier alpha value is -0.980. The molecule has 0 saturated heterocycles. The van der Waals surface area contributed by atoms with Crippen LogP contribution in [0.1, 0.15) is 23.8 Å². The molecule has 0 radical (unpaired) electrons. The lowest BCUT2D eigenvalue weighted by molar-refractivity contribution is 0.211. The summed E-state index contributed by atoms with van der Waals surface area (Å²) in [4.78, 5) is 10.2. The van der Waals surface area contributed by atoms with Gasteiger partial charge in [0.05, 0.1) is 22.2 Å². The van der Waals surface area contributed by atoms with Crippen molar-refractivity contribution in [3.8, 4) is 10.6 Å². The Bertz CT molecular complexity index is 519. The van der Waals surface area contributed by atoms with Gasteiger partial charge in [0, 0.05) is 31.1 Å². The highest BCUT2D eigenvalue weighted by atomic mass is 32.1. The summed E-state index contributed by atoms with van der Waals surface area (Å²) in [5.74, 6) is 0.724. The van der Waals surface area contributed by atoms with Crippen LogP contribution in [0.15, 0.2) is 11.6 Å². The van der Waals surface area contributed by atoms with Crippen LogP contribution < -0.4 is 5.32 Å². The number of ether oxygens (including phenoxy) is 1. The van der Waals surface area contributed by atoms with E-state index in [1.807, 2.05) is 6.20 Å². The van der Waals surface area contributed by atoms with Gasteiger partial charge in [0.25, 0.3) is 0 Å². The Morgan fingerprint density at radius 3 is 3.17 bits per heavy atom. The first-order valence-electron chi connectivity index (χ1n) is 6.01. The van der Waals surface area contributed by atoms with Gasteiger partial charge in [-0.25, -0.2) is 9.97 Å². The summed E-state index contributed by atoms with van der Waals surface area (Å²) in [6.45, 7) is 1.49. The lowest BCUT2D eigenvalue weighted by Gasteiger charge is -1.99. The zero-order valence-electron chi connectivity index (χ0n) is 10.2. The normalized spacial score (nSPS) is 14.9. The summed E-state index contributed by atoms with van der Waals surface area (Å²) in [7, 11) is 1.70. The van der Waals surface area contributed by atoms with Crippen LogP contribution in [0.25, 0.3) is 10.6 Å². The molecule has 0 spiro atoms. The van der Waals surface area contributed by atoms with Crippen molar-refractivity contribution in [2.24, 2.45) is 0 Å². The van der Waals surface area contributed by atoms with Gasteiger partial charge in [-0.05, 0) is 12.8 Å². The number of thiazole rings is 2. The minimum atomic E-state index is 0.696. The van der Waals surface area contributed by atoms with Gasteiger partial charge in [-0.15, -0.1) is 22.7 Å². The van der Waals surface area contributed by atoms with Crippen LogP contribution in [-0.4, -0.2) is 30.2 Å². The molecule has 1 aliphatic carbocycles. The number of anilines is 1. The van der Waals surface area contributed by atoms with Gasteiger partial charge in [-0.2, -0.15) is 0 Å². The maximum absolute atomic E-state index is 5.00. The molecule has 1 saturated carbocycles. The SMILES string of the molecule is COCCNc1nc(-c2cnc(C3CC3)s2)cs1. The number of rotatable bonds is 6. The molecule has 1 N–H and O–H groups in total. The van der Waals surface area contributed by atoms with Crippen LogP contribution in [0.3, 0.4) is 0 Å². The molecule has 2 heterocycles. The molecule has 0 bridgehead atoms. The van der Waals surface area contributed by atoms with Crippen molar-refractivity contribution in [2.75, 3.05) is 25.6 Å². The van der Waals surface area contributed by atoms with Crippen LogP contribution in [-0.2, 0) is 4.74 Å². The van der Waals surface area contributed by atoms with Crippen molar-refractivity contribution >= 4 is 27.8 Å². The number of hydrogen-bond donors (Lipinski definition) is 1. The highest BCUT2D eigenvalue weighted by molar-refractivity contribution is 7.16. The zero-order chi connectivity index (χ0) is 12.4. The number of methoxy groups -OCH3 is 1. The second kappa shape index (κ2) is 5.34. The van der Waals surface area contributed by atoms with Gasteiger partial charge in [-0.3, -0.25) is 0 Å². The van der Waals surface area contributed by atoms with Crippen LogP contribution in [0.2, 0.25) is 0 Å². The Morgan fingerprint density at radius 1 is 1.50 bits per heavy atom. The molecular formula is C12H15N3OS2. The van der Waals surface area contributed by atoms with Crippen LogP contribution >= 0.6 is 22.7 Å². The fraction of sp³-hybridized carbons (Fsp3) is 0.500. The van der Waals surface area contributed by atoms with Crippen LogP contribution in [0.5, 0.6) is 0 Å². The summed E-state index contributed by atoms with van der Waals surface area (Å²) in [6, 6.07) is 0. The fourth-order valence-corrected chi connectivity index (χ4v) is 3.51. The lowest BCUT2D eigenvalue weighted by Crippen LogP contribution is -2.06. The maximum atomic E-state index is 5.00. The average molecular weight is 281 g/mol. The van der Waals surface area contributed by atoms with E-state index >= 15 is 0 Å². The topological polar surface area (TPSA) is 47.0 Å². The Kier molecular flexibility index (Phi) is 3.58. The predicted molar refractivity (Wildman–Crippen MR) is 75.6 cm³/mol. The predicted octanol–water partition coefficient (Wildman–Crippen LogP) is 3.20. The molecule has 96 valence electrons. The molecule has 0 atom stereocenters. The van der Waals surface area contributed by atoms with Crippen LogP contribution in [0, 0.1) is 0 Å². The zero-order valence-corrected chi connectivity index (χ0v) is 11.8. The van der Waals surface area contributed by atoms with E-state index in [9.17, 15) is 0 Å². The fourth-order valence-electron chi connectivity index (χ4n) is 1.65. The van der Waals surface area contributed by atoms with E-state index in [1.54, 1.807) is 29.8 Å². The van der Waals surface area contributed by atoms with E-state index in [4.69, 9.17) is 4.74 Å². The molecular weight excluding hydrogens is 266 g/mol. The summed E-state index contributed by atoms with van der Waals surface area (Å²) >= 11 is 3.41. The standard InChI is InChI=1S/C12H15N3OS2/c1-16-5-4-13-12-15-9(7-17-12)10-6-14-11(18-10)8-2-3-8/h6-8H,2-5H2,1H3,(H,13,15). The number of aromatic nitrogens is 2. The van der Waals surface area contributed by atoms with E-state index in [2.05, 4.69) is 20.7 Å². The lowest BCUT2D eigenvalue weighted by atomic mass is 10.4. The first-order valence-corrected chi connectivity index (χ1v) is 7.71. The highest BCUT2D eigenvalue weighted by Crippen LogP contribution is 2.43. The number of hydrogen-bond acceptors (Lipinski definition) is 6.